The lowest BCUT2D eigenvalue weighted by molar-refractivity contribution is 0.135. The number of hydrogen-bond acceptors (Lipinski definition) is 2. The summed E-state index contributed by atoms with van der Waals surface area (Å²) in [7, 11) is 0. The Hall–Kier alpha value is -0.340. The van der Waals surface area contributed by atoms with E-state index < -0.39 is 0 Å². The zero-order valence-electron chi connectivity index (χ0n) is 7.25. The van der Waals surface area contributed by atoms with Crippen LogP contribution in [0.15, 0.2) is 12.2 Å². The van der Waals surface area contributed by atoms with Gasteiger partial charge in [-0.3, -0.25) is 0 Å². The molecular formula is C9H18O2. The molecule has 0 saturated heterocycles. The van der Waals surface area contributed by atoms with Gasteiger partial charge in [-0.15, -0.1) is 0 Å². The summed E-state index contributed by atoms with van der Waals surface area (Å²) in [5, 5.41) is 8.38. The number of aliphatic hydroxyl groups is 1. The average molecular weight is 158 g/mol. The number of rotatable bonds is 7. The van der Waals surface area contributed by atoms with E-state index >= 15 is 0 Å². The molecule has 0 radical (unpaired) electrons. The molecule has 66 valence electrons. The first-order chi connectivity index (χ1) is 5.41. The molecule has 0 aliphatic carbocycles. The van der Waals surface area contributed by atoms with Gasteiger partial charge in [-0.1, -0.05) is 25.5 Å². The van der Waals surface area contributed by atoms with Gasteiger partial charge in [-0.2, -0.15) is 0 Å². The van der Waals surface area contributed by atoms with Gasteiger partial charge in [0.25, 0.3) is 0 Å². The van der Waals surface area contributed by atoms with Crippen LogP contribution >= 0.6 is 0 Å². The Morgan fingerprint density at radius 1 is 1.27 bits per heavy atom. The third-order valence-electron chi connectivity index (χ3n) is 1.34. The fourth-order valence-corrected chi connectivity index (χ4v) is 0.692. The lowest BCUT2D eigenvalue weighted by Crippen LogP contribution is -1.94. The molecule has 0 aromatic heterocycles. The van der Waals surface area contributed by atoms with E-state index in [2.05, 4.69) is 6.92 Å². The normalized spacial score (nSPS) is 11.1. The second-order valence-corrected chi connectivity index (χ2v) is 2.41. The van der Waals surface area contributed by atoms with Crippen LogP contribution in [0.2, 0.25) is 0 Å². The van der Waals surface area contributed by atoms with Crippen molar-refractivity contribution in [1.82, 2.24) is 0 Å². The maximum absolute atomic E-state index is 8.38. The Bertz CT molecular complexity index is 89.6. The summed E-state index contributed by atoms with van der Waals surface area (Å²) >= 11 is 0. The van der Waals surface area contributed by atoms with Gasteiger partial charge in [-0.05, 0) is 12.8 Å². The molecule has 0 heterocycles. The van der Waals surface area contributed by atoms with E-state index in [1.54, 1.807) is 6.08 Å². The van der Waals surface area contributed by atoms with E-state index in [1.165, 1.54) is 6.42 Å². The van der Waals surface area contributed by atoms with E-state index in [4.69, 9.17) is 9.84 Å². The number of aliphatic hydroxyl groups excluding tert-OH is 1. The van der Waals surface area contributed by atoms with Crippen molar-refractivity contribution in [2.45, 2.75) is 26.2 Å². The van der Waals surface area contributed by atoms with Gasteiger partial charge in [0.15, 0.2) is 0 Å². The summed E-state index contributed by atoms with van der Waals surface area (Å²) in [6.07, 6.45) is 6.91. The van der Waals surface area contributed by atoms with Crippen LogP contribution < -0.4 is 0 Å². The lowest BCUT2D eigenvalue weighted by Gasteiger charge is -1.98. The Kier molecular flexibility index (Phi) is 9.36. The van der Waals surface area contributed by atoms with E-state index in [0.717, 1.165) is 26.1 Å². The Labute approximate surface area is 68.9 Å². The largest absolute Gasteiger partial charge is 0.392 e. The van der Waals surface area contributed by atoms with Gasteiger partial charge in [0, 0.05) is 6.61 Å². The molecule has 0 fully saturated rings. The summed E-state index contributed by atoms with van der Waals surface area (Å²) < 4.78 is 5.29. The standard InChI is InChI=1S/C9H18O2/c1-2-3-8-11-9-6-4-5-7-10/h4-5,10H,2-3,6-9H2,1H3/b5-4-. The predicted molar refractivity (Wildman–Crippen MR) is 46.6 cm³/mol. The van der Waals surface area contributed by atoms with Crippen molar-refractivity contribution in [2.75, 3.05) is 19.8 Å². The highest BCUT2D eigenvalue weighted by Gasteiger charge is 1.84. The second kappa shape index (κ2) is 9.66. The number of ether oxygens (including phenoxy) is 1. The van der Waals surface area contributed by atoms with Crippen LogP contribution in [-0.2, 0) is 4.74 Å². The molecule has 0 saturated carbocycles. The summed E-state index contributed by atoms with van der Waals surface area (Å²) in [4.78, 5) is 0. The first-order valence-corrected chi connectivity index (χ1v) is 4.25. The third kappa shape index (κ3) is 9.66. The van der Waals surface area contributed by atoms with Crippen molar-refractivity contribution >= 4 is 0 Å². The average Bonchev–Trinajstić information content (AvgIpc) is 2.03. The fraction of sp³-hybridized carbons (Fsp3) is 0.778. The quantitative estimate of drug-likeness (QED) is 0.452. The SMILES string of the molecule is CCCCOCC/C=C\CO. The number of hydrogen-bond donors (Lipinski definition) is 1. The van der Waals surface area contributed by atoms with Crippen molar-refractivity contribution in [2.24, 2.45) is 0 Å². The zero-order valence-corrected chi connectivity index (χ0v) is 7.25. The van der Waals surface area contributed by atoms with Gasteiger partial charge < -0.3 is 9.84 Å². The maximum atomic E-state index is 8.38. The van der Waals surface area contributed by atoms with E-state index in [0.29, 0.717) is 0 Å². The number of unbranched alkanes of at least 4 members (excludes halogenated alkanes) is 1. The van der Waals surface area contributed by atoms with Crippen LogP contribution in [0.5, 0.6) is 0 Å². The summed E-state index contributed by atoms with van der Waals surface area (Å²) in [5.41, 5.74) is 0. The lowest BCUT2D eigenvalue weighted by atomic mass is 10.3. The molecule has 11 heavy (non-hydrogen) atoms. The molecule has 2 nitrogen and oxygen atoms in total. The first kappa shape index (κ1) is 10.7. The molecule has 0 aliphatic heterocycles. The van der Waals surface area contributed by atoms with Crippen LogP contribution in [-0.4, -0.2) is 24.9 Å². The molecule has 0 aliphatic rings. The molecule has 2 heteroatoms. The van der Waals surface area contributed by atoms with Crippen molar-refractivity contribution in [3.63, 3.8) is 0 Å². The highest BCUT2D eigenvalue weighted by molar-refractivity contribution is 4.80. The van der Waals surface area contributed by atoms with Crippen molar-refractivity contribution in [3.8, 4) is 0 Å². The summed E-state index contributed by atoms with van der Waals surface area (Å²) in [5.74, 6) is 0. The van der Waals surface area contributed by atoms with Crippen molar-refractivity contribution < 1.29 is 9.84 Å². The zero-order chi connectivity index (χ0) is 8.36. The molecule has 0 amide bonds. The van der Waals surface area contributed by atoms with Crippen molar-refractivity contribution in [1.29, 1.82) is 0 Å². The van der Waals surface area contributed by atoms with E-state index in [1.807, 2.05) is 6.08 Å². The predicted octanol–water partition coefficient (Wildman–Crippen LogP) is 1.74. The van der Waals surface area contributed by atoms with Gasteiger partial charge in [0.1, 0.15) is 0 Å². The Morgan fingerprint density at radius 3 is 2.73 bits per heavy atom. The summed E-state index contributed by atoms with van der Waals surface area (Å²) in [6.45, 7) is 3.92. The highest BCUT2D eigenvalue weighted by atomic mass is 16.5. The molecule has 0 atom stereocenters. The van der Waals surface area contributed by atoms with Crippen LogP contribution in [0.4, 0.5) is 0 Å². The van der Waals surface area contributed by atoms with Crippen LogP contribution in [0.3, 0.4) is 0 Å². The molecule has 0 unspecified atom stereocenters. The third-order valence-corrected chi connectivity index (χ3v) is 1.34. The van der Waals surface area contributed by atoms with E-state index in [-0.39, 0.29) is 6.61 Å². The molecule has 0 aromatic rings. The molecule has 0 spiro atoms. The Balaban J connectivity index is 2.85. The van der Waals surface area contributed by atoms with Gasteiger partial charge in [0.2, 0.25) is 0 Å². The second-order valence-electron chi connectivity index (χ2n) is 2.41. The molecule has 1 N–H and O–H groups in total. The van der Waals surface area contributed by atoms with Crippen LogP contribution in [0.1, 0.15) is 26.2 Å². The molecular weight excluding hydrogens is 140 g/mol. The van der Waals surface area contributed by atoms with Crippen LogP contribution in [0.25, 0.3) is 0 Å². The van der Waals surface area contributed by atoms with Gasteiger partial charge in [-0.25, -0.2) is 0 Å². The minimum absolute atomic E-state index is 0.134. The minimum Gasteiger partial charge on any atom is -0.392 e. The smallest absolute Gasteiger partial charge is 0.0612 e. The highest BCUT2D eigenvalue weighted by Crippen LogP contribution is 1.90. The van der Waals surface area contributed by atoms with E-state index in [9.17, 15) is 0 Å². The topological polar surface area (TPSA) is 29.5 Å². The minimum atomic E-state index is 0.134. The fourth-order valence-electron chi connectivity index (χ4n) is 0.692. The van der Waals surface area contributed by atoms with Gasteiger partial charge in [0.05, 0.1) is 13.2 Å². The first-order valence-electron chi connectivity index (χ1n) is 4.25. The molecule has 0 bridgehead atoms. The monoisotopic (exact) mass is 158 g/mol. The van der Waals surface area contributed by atoms with Gasteiger partial charge >= 0.3 is 0 Å². The summed E-state index contributed by atoms with van der Waals surface area (Å²) in [6, 6.07) is 0. The van der Waals surface area contributed by atoms with Crippen LogP contribution in [0, 0.1) is 0 Å². The van der Waals surface area contributed by atoms with Crippen molar-refractivity contribution in [3.05, 3.63) is 12.2 Å². The molecule has 0 aromatic carbocycles. The molecule has 0 rings (SSSR count). The maximum Gasteiger partial charge on any atom is 0.0612 e. The Morgan fingerprint density at radius 2 is 2.09 bits per heavy atom.